The molecule has 0 bridgehead atoms. The molecule has 2 unspecified atom stereocenters. The molecule has 0 aromatic carbocycles. The van der Waals surface area contributed by atoms with Gasteiger partial charge in [0.15, 0.2) is 0 Å². The van der Waals surface area contributed by atoms with Crippen molar-refractivity contribution in [1.82, 2.24) is 8.61 Å². The van der Waals surface area contributed by atoms with E-state index in [0.717, 1.165) is 19.3 Å². The van der Waals surface area contributed by atoms with Gasteiger partial charge in [0.25, 0.3) is 10.2 Å². The van der Waals surface area contributed by atoms with Crippen LogP contribution in [0.4, 0.5) is 0 Å². The van der Waals surface area contributed by atoms with Crippen LogP contribution in [0.5, 0.6) is 0 Å². The highest BCUT2D eigenvalue weighted by Crippen LogP contribution is 2.26. The molecule has 0 aromatic heterocycles. The van der Waals surface area contributed by atoms with Crippen molar-refractivity contribution in [3.8, 4) is 0 Å². The minimum atomic E-state index is -3.38. The number of nitrogens with zero attached hydrogens (tertiary/aromatic N) is 2. The SMILES string of the molecule is CC1CCCC(C)N1S(=O)(=O)N(C)CCCO. The van der Waals surface area contributed by atoms with Gasteiger partial charge in [0.2, 0.25) is 0 Å². The summed E-state index contributed by atoms with van der Waals surface area (Å²) in [6, 6.07) is 0.139. The van der Waals surface area contributed by atoms with E-state index in [9.17, 15) is 8.42 Å². The van der Waals surface area contributed by atoms with Crippen LogP contribution in [0.3, 0.4) is 0 Å². The van der Waals surface area contributed by atoms with Crippen LogP contribution >= 0.6 is 0 Å². The summed E-state index contributed by atoms with van der Waals surface area (Å²) in [5.74, 6) is 0. The molecule has 0 aliphatic carbocycles. The second-order valence-corrected chi connectivity index (χ2v) is 6.81. The Morgan fingerprint density at radius 1 is 1.29 bits per heavy atom. The first kappa shape index (κ1) is 14.9. The zero-order valence-corrected chi connectivity index (χ0v) is 11.8. The van der Waals surface area contributed by atoms with Gasteiger partial charge in [0.1, 0.15) is 0 Å². The first-order valence-electron chi connectivity index (χ1n) is 6.27. The fraction of sp³-hybridized carbons (Fsp3) is 1.00. The predicted octanol–water partition coefficient (Wildman–Crippen LogP) is 0.808. The summed E-state index contributed by atoms with van der Waals surface area (Å²) < 4.78 is 27.7. The van der Waals surface area contributed by atoms with Crippen molar-refractivity contribution in [3.63, 3.8) is 0 Å². The molecule has 17 heavy (non-hydrogen) atoms. The van der Waals surface area contributed by atoms with Crippen molar-refractivity contribution in [2.75, 3.05) is 20.2 Å². The molecule has 0 radical (unpaired) electrons. The summed E-state index contributed by atoms with van der Waals surface area (Å²) in [6.07, 6.45) is 3.43. The largest absolute Gasteiger partial charge is 0.396 e. The van der Waals surface area contributed by atoms with Gasteiger partial charge in [-0.25, -0.2) is 0 Å². The number of aliphatic hydroxyl groups excluding tert-OH is 1. The molecule has 0 aromatic rings. The summed E-state index contributed by atoms with van der Waals surface area (Å²) in [7, 11) is -1.79. The standard InChI is InChI=1S/C11H24N2O3S/c1-10-6-4-7-11(2)13(10)17(15,16)12(3)8-5-9-14/h10-11,14H,4-9H2,1-3H3. The van der Waals surface area contributed by atoms with Crippen LogP contribution in [0.2, 0.25) is 0 Å². The highest BCUT2D eigenvalue weighted by Gasteiger charge is 2.36. The third-order valence-corrected chi connectivity index (χ3v) is 5.63. The minimum Gasteiger partial charge on any atom is -0.396 e. The highest BCUT2D eigenvalue weighted by molar-refractivity contribution is 7.86. The molecule has 102 valence electrons. The molecule has 6 heteroatoms. The van der Waals surface area contributed by atoms with Gasteiger partial charge in [-0.05, 0) is 33.1 Å². The molecule has 2 atom stereocenters. The molecule has 1 heterocycles. The zero-order valence-electron chi connectivity index (χ0n) is 11.0. The second kappa shape index (κ2) is 6.13. The quantitative estimate of drug-likeness (QED) is 0.799. The Bertz CT molecular complexity index is 322. The van der Waals surface area contributed by atoms with Gasteiger partial charge < -0.3 is 5.11 Å². The minimum absolute atomic E-state index is 0.0188. The Labute approximate surface area is 105 Å². The summed E-state index contributed by atoms with van der Waals surface area (Å²) in [5.41, 5.74) is 0. The molecule has 0 saturated carbocycles. The van der Waals surface area contributed by atoms with Crippen LogP contribution < -0.4 is 0 Å². The molecule has 0 spiro atoms. The molecule has 0 amide bonds. The van der Waals surface area contributed by atoms with Crippen molar-refractivity contribution in [2.24, 2.45) is 0 Å². The Kier molecular flexibility index (Phi) is 5.37. The van der Waals surface area contributed by atoms with Gasteiger partial charge in [-0.15, -0.1) is 0 Å². The lowest BCUT2D eigenvalue weighted by atomic mass is 10.0. The molecular weight excluding hydrogens is 240 g/mol. The van der Waals surface area contributed by atoms with Crippen LogP contribution in [0.15, 0.2) is 0 Å². The van der Waals surface area contributed by atoms with E-state index < -0.39 is 10.2 Å². The maximum atomic E-state index is 12.4. The van der Waals surface area contributed by atoms with Gasteiger partial charge in [-0.3, -0.25) is 0 Å². The van der Waals surface area contributed by atoms with Crippen LogP contribution in [0.25, 0.3) is 0 Å². The predicted molar refractivity (Wildman–Crippen MR) is 67.9 cm³/mol. The maximum Gasteiger partial charge on any atom is 0.282 e. The lowest BCUT2D eigenvalue weighted by Crippen LogP contribution is -2.52. The number of rotatable bonds is 5. The van der Waals surface area contributed by atoms with Crippen molar-refractivity contribution in [2.45, 2.75) is 51.6 Å². The number of hydrogen-bond donors (Lipinski definition) is 1. The average molecular weight is 264 g/mol. The Morgan fingerprint density at radius 3 is 2.29 bits per heavy atom. The lowest BCUT2D eigenvalue weighted by molar-refractivity contribution is 0.189. The van der Waals surface area contributed by atoms with Crippen LogP contribution in [0, 0.1) is 0 Å². The van der Waals surface area contributed by atoms with E-state index in [-0.39, 0.29) is 18.7 Å². The van der Waals surface area contributed by atoms with Crippen LogP contribution in [0.1, 0.15) is 39.5 Å². The van der Waals surface area contributed by atoms with Crippen molar-refractivity contribution < 1.29 is 13.5 Å². The third kappa shape index (κ3) is 3.40. The monoisotopic (exact) mass is 264 g/mol. The number of piperidine rings is 1. The summed E-state index contributed by atoms with van der Waals surface area (Å²) in [5, 5.41) is 8.76. The number of hydrogen-bond acceptors (Lipinski definition) is 3. The Morgan fingerprint density at radius 2 is 1.82 bits per heavy atom. The Balaban J connectivity index is 2.80. The molecule has 1 aliphatic heterocycles. The smallest absolute Gasteiger partial charge is 0.282 e. The molecule has 1 N–H and O–H groups in total. The van der Waals surface area contributed by atoms with Crippen molar-refractivity contribution in [1.29, 1.82) is 0 Å². The van der Waals surface area contributed by atoms with Gasteiger partial charge in [0, 0.05) is 32.3 Å². The van der Waals surface area contributed by atoms with E-state index in [1.807, 2.05) is 13.8 Å². The van der Waals surface area contributed by atoms with Crippen LogP contribution in [-0.4, -0.2) is 54.4 Å². The molecule has 1 saturated heterocycles. The fourth-order valence-corrected chi connectivity index (χ4v) is 4.22. The van der Waals surface area contributed by atoms with Gasteiger partial charge in [-0.2, -0.15) is 17.0 Å². The van der Waals surface area contributed by atoms with E-state index in [2.05, 4.69) is 0 Å². The summed E-state index contributed by atoms with van der Waals surface area (Å²) >= 11 is 0. The number of aliphatic hydroxyl groups is 1. The van der Waals surface area contributed by atoms with Gasteiger partial charge in [0.05, 0.1) is 0 Å². The van der Waals surface area contributed by atoms with E-state index in [1.165, 1.54) is 4.31 Å². The first-order chi connectivity index (χ1) is 7.91. The molecule has 1 rings (SSSR count). The molecule has 1 aliphatic rings. The van der Waals surface area contributed by atoms with E-state index >= 15 is 0 Å². The second-order valence-electron chi connectivity index (χ2n) is 4.87. The fourth-order valence-electron chi connectivity index (χ4n) is 2.42. The average Bonchev–Trinajstić information content (AvgIpc) is 2.25. The van der Waals surface area contributed by atoms with Gasteiger partial charge in [-0.1, -0.05) is 6.42 Å². The van der Waals surface area contributed by atoms with E-state index in [4.69, 9.17) is 5.11 Å². The Hall–Kier alpha value is -0.170. The van der Waals surface area contributed by atoms with Crippen molar-refractivity contribution in [3.05, 3.63) is 0 Å². The van der Waals surface area contributed by atoms with Crippen molar-refractivity contribution >= 4 is 10.2 Å². The summed E-state index contributed by atoms with van der Waals surface area (Å²) in [4.78, 5) is 0. The van der Waals surface area contributed by atoms with E-state index in [0.29, 0.717) is 13.0 Å². The molecule has 5 nitrogen and oxygen atoms in total. The zero-order chi connectivity index (χ0) is 13.1. The normalized spacial score (nSPS) is 27.6. The molecule has 1 fully saturated rings. The topological polar surface area (TPSA) is 60.9 Å². The van der Waals surface area contributed by atoms with Gasteiger partial charge >= 0.3 is 0 Å². The maximum absolute atomic E-state index is 12.4. The van der Waals surface area contributed by atoms with Crippen LogP contribution in [-0.2, 0) is 10.2 Å². The first-order valence-corrected chi connectivity index (χ1v) is 7.66. The summed E-state index contributed by atoms with van der Waals surface area (Å²) in [6.45, 7) is 4.32. The molecular formula is C11H24N2O3S. The highest BCUT2D eigenvalue weighted by atomic mass is 32.2. The third-order valence-electron chi connectivity index (χ3n) is 3.40. The lowest BCUT2D eigenvalue weighted by Gasteiger charge is -2.39. The van der Waals surface area contributed by atoms with E-state index in [1.54, 1.807) is 11.4 Å².